The van der Waals surface area contributed by atoms with E-state index >= 15 is 0 Å². The summed E-state index contributed by atoms with van der Waals surface area (Å²) in [6.45, 7) is 0.359. The third-order valence-corrected chi connectivity index (χ3v) is 2.18. The molecule has 0 spiro atoms. The van der Waals surface area contributed by atoms with E-state index in [1.807, 2.05) is 6.92 Å². The van der Waals surface area contributed by atoms with E-state index in [1.165, 1.54) is 6.26 Å². The van der Waals surface area contributed by atoms with Gasteiger partial charge >= 0.3 is 6.18 Å². The van der Waals surface area contributed by atoms with Crippen LogP contribution in [0.3, 0.4) is 0 Å². The van der Waals surface area contributed by atoms with Gasteiger partial charge in [0.1, 0.15) is 12.3 Å². The lowest BCUT2D eigenvalue weighted by Gasteiger charge is -2.13. The van der Waals surface area contributed by atoms with Crippen molar-refractivity contribution in [3.8, 4) is 0 Å². The molecule has 1 atom stereocenters. The zero-order valence-electron chi connectivity index (χ0n) is 9.88. The Hall–Kier alpha value is -1.50. The number of carbonyl (C=O) groups is 1. The molecule has 0 aromatic carbocycles. The molecule has 1 aromatic rings. The Morgan fingerprint density at radius 1 is 1.50 bits per heavy atom. The predicted molar refractivity (Wildman–Crippen MR) is 58.9 cm³/mol. The molecule has 1 amide bonds. The largest absolute Gasteiger partial charge is 0.469 e. The minimum Gasteiger partial charge on any atom is -0.469 e. The van der Waals surface area contributed by atoms with Crippen molar-refractivity contribution in [2.75, 3.05) is 13.1 Å². The second kappa shape index (κ2) is 6.44. The summed E-state index contributed by atoms with van der Waals surface area (Å²) in [6.07, 6.45) is -2.27. The molecule has 1 rings (SSSR count). The highest BCUT2D eigenvalue weighted by Gasteiger charge is 2.27. The normalized spacial score (nSPS) is 13.3. The first kappa shape index (κ1) is 14.6. The summed E-state index contributed by atoms with van der Waals surface area (Å²) in [5.74, 6) is 0.0734. The van der Waals surface area contributed by atoms with Gasteiger partial charge in [0.2, 0.25) is 5.91 Å². The Kier molecular flexibility index (Phi) is 5.21. The molecule has 2 N–H and O–H groups in total. The lowest BCUT2D eigenvalue weighted by Crippen LogP contribution is -2.42. The minimum atomic E-state index is -4.38. The molecule has 4 nitrogen and oxygen atoms in total. The topological polar surface area (TPSA) is 54.3 Å². The van der Waals surface area contributed by atoms with E-state index in [2.05, 4.69) is 5.32 Å². The molecule has 1 unspecified atom stereocenters. The van der Waals surface area contributed by atoms with E-state index in [1.54, 1.807) is 17.4 Å². The summed E-state index contributed by atoms with van der Waals surface area (Å²) in [6, 6.07) is 3.48. The Labute approximate surface area is 103 Å². The van der Waals surface area contributed by atoms with Crippen LogP contribution in [0.1, 0.15) is 12.7 Å². The zero-order chi connectivity index (χ0) is 13.6. The van der Waals surface area contributed by atoms with E-state index in [0.717, 1.165) is 5.76 Å². The first-order valence-corrected chi connectivity index (χ1v) is 5.46. The molecule has 0 radical (unpaired) electrons. The van der Waals surface area contributed by atoms with Gasteiger partial charge in [0.25, 0.3) is 0 Å². The highest BCUT2D eigenvalue weighted by molar-refractivity contribution is 5.78. The molecule has 0 saturated carbocycles. The van der Waals surface area contributed by atoms with Crippen LogP contribution in [0.25, 0.3) is 0 Å². The molecule has 0 saturated heterocycles. The molecule has 102 valence electrons. The molecule has 18 heavy (non-hydrogen) atoms. The Bertz CT molecular complexity index is 363. The molecule has 0 aliphatic carbocycles. The van der Waals surface area contributed by atoms with Gasteiger partial charge in [-0.25, -0.2) is 0 Å². The lowest BCUT2D eigenvalue weighted by molar-refractivity contribution is -0.137. The number of hydrogen-bond donors (Lipinski definition) is 2. The summed E-state index contributed by atoms with van der Waals surface area (Å²) >= 11 is 0. The van der Waals surface area contributed by atoms with Gasteiger partial charge in [-0.1, -0.05) is 0 Å². The fraction of sp³-hybridized carbons (Fsp3) is 0.545. The van der Waals surface area contributed by atoms with Gasteiger partial charge in [-0.05, 0) is 19.1 Å². The van der Waals surface area contributed by atoms with Crippen LogP contribution in [-0.4, -0.2) is 31.2 Å². The maximum atomic E-state index is 11.8. The average Bonchev–Trinajstić information content (AvgIpc) is 2.75. The van der Waals surface area contributed by atoms with E-state index < -0.39 is 18.6 Å². The van der Waals surface area contributed by atoms with E-state index in [9.17, 15) is 18.0 Å². The van der Waals surface area contributed by atoms with E-state index in [0.29, 0.717) is 6.42 Å². The summed E-state index contributed by atoms with van der Waals surface area (Å²) in [7, 11) is 0. The lowest BCUT2D eigenvalue weighted by atomic mass is 10.2. The van der Waals surface area contributed by atoms with Crippen molar-refractivity contribution in [2.24, 2.45) is 0 Å². The van der Waals surface area contributed by atoms with Gasteiger partial charge in [-0.3, -0.25) is 4.79 Å². The van der Waals surface area contributed by atoms with Crippen molar-refractivity contribution in [3.05, 3.63) is 24.2 Å². The van der Waals surface area contributed by atoms with Crippen molar-refractivity contribution >= 4 is 5.91 Å². The number of rotatable bonds is 6. The first-order valence-electron chi connectivity index (χ1n) is 5.46. The third kappa shape index (κ3) is 6.29. The van der Waals surface area contributed by atoms with Gasteiger partial charge in [0.15, 0.2) is 0 Å². The first-order chi connectivity index (χ1) is 8.37. The van der Waals surface area contributed by atoms with Gasteiger partial charge < -0.3 is 15.1 Å². The SMILES string of the molecule is CC(Cc1ccco1)NCC(=O)NCC(F)(F)F. The molecule has 1 heterocycles. The number of amides is 1. The highest BCUT2D eigenvalue weighted by Crippen LogP contribution is 2.11. The molecule has 0 aliphatic heterocycles. The standard InChI is InChI=1S/C11H15F3N2O2/c1-8(5-9-3-2-4-18-9)15-6-10(17)16-7-11(12,13)14/h2-4,8,15H,5-7H2,1H3,(H,16,17). The van der Waals surface area contributed by atoms with Crippen molar-refractivity contribution in [1.82, 2.24) is 10.6 Å². The molecular formula is C11H15F3N2O2. The van der Waals surface area contributed by atoms with Gasteiger partial charge in [-0.2, -0.15) is 13.2 Å². The zero-order valence-corrected chi connectivity index (χ0v) is 9.88. The van der Waals surface area contributed by atoms with Crippen molar-refractivity contribution in [2.45, 2.75) is 25.6 Å². The number of nitrogens with one attached hydrogen (secondary N) is 2. The second-order valence-corrected chi connectivity index (χ2v) is 3.96. The van der Waals surface area contributed by atoms with E-state index in [-0.39, 0.29) is 12.6 Å². The van der Waals surface area contributed by atoms with Gasteiger partial charge in [0.05, 0.1) is 12.8 Å². The van der Waals surface area contributed by atoms with Crippen LogP contribution in [0.4, 0.5) is 13.2 Å². The Morgan fingerprint density at radius 3 is 2.78 bits per heavy atom. The minimum absolute atomic E-state index is 0.0622. The van der Waals surface area contributed by atoms with Crippen LogP contribution in [0.5, 0.6) is 0 Å². The second-order valence-electron chi connectivity index (χ2n) is 3.96. The van der Waals surface area contributed by atoms with E-state index in [4.69, 9.17) is 4.42 Å². The van der Waals surface area contributed by atoms with Crippen LogP contribution in [-0.2, 0) is 11.2 Å². The van der Waals surface area contributed by atoms with Crippen LogP contribution < -0.4 is 10.6 Å². The van der Waals surface area contributed by atoms with Crippen molar-refractivity contribution in [3.63, 3.8) is 0 Å². The molecule has 0 aliphatic rings. The fourth-order valence-corrected chi connectivity index (χ4v) is 1.33. The number of carbonyl (C=O) groups excluding carboxylic acids is 1. The van der Waals surface area contributed by atoms with Gasteiger partial charge in [0, 0.05) is 12.5 Å². The molecule has 1 aromatic heterocycles. The smallest absolute Gasteiger partial charge is 0.405 e. The Balaban J connectivity index is 2.18. The maximum absolute atomic E-state index is 11.8. The van der Waals surface area contributed by atoms with Crippen molar-refractivity contribution in [1.29, 1.82) is 0 Å². The summed E-state index contributed by atoms with van der Waals surface area (Å²) < 4.78 is 40.6. The van der Waals surface area contributed by atoms with Crippen LogP contribution in [0.2, 0.25) is 0 Å². The van der Waals surface area contributed by atoms with Gasteiger partial charge in [-0.15, -0.1) is 0 Å². The molecule has 0 bridgehead atoms. The number of hydrogen-bond acceptors (Lipinski definition) is 3. The van der Waals surface area contributed by atoms with Crippen molar-refractivity contribution < 1.29 is 22.4 Å². The van der Waals surface area contributed by atoms with Crippen LogP contribution in [0, 0.1) is 0 Å². The van der Waals surface area contributed by atoms with Crippen LogP contribution >= 0.6 is 0 Å². The highest BCUT2D eigenvalue weighted by atomic mass is 19.4. The average molecular weight is 264 g/mol. The van der Waals surface area contributed by atoms with Crippen LogP contribution in [0.15, 0.2) is 22.8 Å². The fourth-order valence-electron chi connectivity index (χ4n) is 1.33. The third-order valence-electron chi connectivity index (χ3n) is 2.18. The summed E-state index contributed by atoms with van der Waals surface area (Å²) in [4.78, 5) is 11.1. The quantitative estimate of drug-likeness (QED) is 0.818. The monoisotopic (exact) mass is 264 g/mol. The summed E-state index contributed by atoms with van der Waals surface area (Å²) in [5.41, 5.74) is 0. The molecular weight excluding hydrogens is 249 g/mol. The Morgan fingerprint density at radius 2 is 2.22 bits per heavy atom. The molecule has 7 heteroatoms. The number of furan rings is 1. The number of halogens is 3. The molecule has 0 fully saturated rings. The maximum Gasteiger partial charge on any atom is 0.405 e. The number of alkyl halides is 3. The predicted octanol–water partition coefficient (Wildman–Crippen LogP) is 1.48. The summed E-state index contributed by atoms with van der Waals surface area (Å²) in [5, 5.41) is 4.60.